The van der Waals surface area contributed by atoms with Gasteiger partial charge >= 0.3 is 0 Å². The van der Waals surface area contributed by atoms with E-state index in [2.05, 4.69) is 11.1 Å². The van der Waals surface area contributed by atoms with Gasteiger partial charge in [-0.05, 0) is 18.5 Å². The molecule has 1 unspecified atom stereocenters. The fourth-order valence-corrected chi connectivity index (χ4v) is 1.31. The van der Waals surface area contributed by atoms with Gasteiger partial charge in [0.1, 0.15) is 0 Å². The van der Waals surface area contributed by atoms with Gasteiger partial charge in [0.25, 0.3) is 0 Å². The number of pyridine rings is 1. The van der Waals surface area contributed by atoms with E-state index in [-0.39, 0.29) is 27.2 Å². The Hall–Kier alpha value is -0.202. The van der Waals surface area contributed by atoms with Gasteiger partial charge in [0.2, 0.25) is 0 Å². The summed E-state index contributed by atoms with van der Waals surface area (Å²) in [5, 5.41) is 9.30. The summed E-state index contributed by atoms with van der Waals surface area (Å²) in [5.41, 5.74) is 1.90. The first kappa shape index (κ1) is 8.89. The number of nitrogens with zero attached hydrogens (tertiary/aromatic N) is 1. The molecule has 2 rings (SSSR count). The van der Waals surface area contributed by atoms with Crippen LogP contribution in [0.2, 0.25) is 0 Å². The van der Waals surface area contributed by atoms with Gasteiger partial charge in [0.05, 0.1) is 6.10 Å². The number of aryl methyl sites for hydroxylation is 1. The van der Waals surface area contributed by atoms with E-state index in [9.17, 15) is 5.11 Å². The van der Waals surface area contributed by atoms with Gasteiger partial charge in [-0.25, -0.2) is 0 Å². The second-order valence-electron chi connectivity index (χ2n) is 2.51. The molecule has 0 amide bonds. The molecule has 0 fully saturated rings. The van der Waals surface area contributed by atoms with Crippen LogP contribution in [0.15, 0.2) is 12.3 Å². The SMILES string of the molecule is OC1CCc2[c-]ccnc21.[W]. The summed E-state index contributed by atoms with van der Waals surface area (Å²) in [6.45, 7) is 0. The van der Waals surface area contributed by atoms with Gasteiger partial charge in [0, 0.05) is 21.1 Å². The van der Waals surface area contributed by atoms with Crippen LogP contribution in [-0.2, 0) is 27.5 Å². The molecule has 2 nitrogen and oxygen atoms in total. The molecule has 1 atom stereocenters. The van der Waals surface area contributed by atoms with Crippen LogP contribution < -0.4 is 0 Å². The maximum Gasteiger partial charge on any atom is 0.0516 e. The second kappa shape index (κ2) is 3.46. The fraction of sp³-hybridized carbons (Fsp3) is 0.375. The Morgan fingerprint density at radius 2 is 2.45 bits per heavy atom. The van der Waals surface area contributed by atoms with E-state index in [0.29, 0.717) is 0 Å². The molecule has 0 radical (unpaired) electrons. The van der Waals surface area contributed by atoms with E-state index in [0.717, 1.165) is 24.1 Å². The van der Waals surface area contributed by atoms with E-state index in [4.69, 9.17) is 0 Å². The summed E-state index contributed by atoms with van der Waals surface area (Å²) in [6, 6.07) is 4.85. The van der Waals surface area contributed by atoms with Crippen molar-refractivity contribution in [3.8, 4) is 0 Å². The number of hydrogen-bond donors (Lipinski definition) is 1. The molecule has 1 aromatic heterocycles. The summed E-state index contributed by atoms with van der Waals surface area (Å²) in [5.74, 6) is 0. The van der Waals surface area contributed by atoms with Crippen molar-refractivity contribution in [1.29, 1.82) is 0 Å². The molecule has 1 N–H and O–H groups in total. The van der Waals surface area contributed by atoms with Crippen LogP contribution in [0.4, 0.5) is 0 Å². The van der Waals surface area contributed by atoms with E-state index in [1.807, 2.05) is 0 Å². The van der Waals surface area contributed by atoms with Crippen molar-refractivity contribution in [3.05, 3.63) is 29.6 Å². The molecule has 1 heterocycles. The first-order valence-corrected chi connectivity index (χ1v) is 3.41. The molecule has 0 bridgehead atoms. The molecule has 1 aliphatic rings. The molecular weight excluding hydrogens is 310 g/mol. The molecule has 0 aromatic carbocycles. The number of rotatable bonds is 0. The van der Waals surface area contributed by atoms with Crippen LogP contribution in [0.5, 0.6) is 0 Å². The Balaban J connectivity index is 0.000000605. The second-order valence-corrected chi connectivity index (χ2v) is 2.51. The third-order valence-corrected chi connectivity index (χ3v) is 1.84. The van der Waals surface area contributed by atoms with Crippen molar-refractivity contribution >= 4 is 0 Å². The zero-order valence-corrected chi connectivity index (χ0v) is 8.88. The standard InChI is InChI=1S/C8H8NO.W/c10-7-4-3-6-2-1-5-9-8(6)7;/h1,5,7,10H,3-4H2;/q-1;. The Labute approximate surface area is 79.9 Å². The normalized spacial score (nSPS) is 20.6. The molecule has 0 saturated carbocycles. The molecule has 0 aliphatic heterocycles. The Morgan fingerprint density at radius 1 is 1.64 bits per heavy atom. The molecule has 3 heteroatoms. The molecule has 1 aromatic rings. The minimum absolute atomic E-state index is 0. The summed E-state index contributed by atoms with van der Waals surface area (Å²) >= 11 is 0. The predicted molar refractivity (Wildman–Crippen MR) is 36.4 cm³/mol. The van der Waals surface area contributed by atoms with Gasteiger partial charge in [0.15, 0.2) is 0 Å². The van der Waals surface area contributed by atoms with Crippen molar-refractivity contribution < 1.29 is 26.2 Å². The molecule has 58 valence electrons. The number of hydrogen-bond acceptors (Lipinski definition) is 2. The van der Waals surface area contributed by atoms with Crippen LogP contribution in [0.3, 0.4) is 0 Å². The van der Waals surface area contributed by atoms with Crippen molar-refractivity contribution in [2.24, 2.45) is 0 Å². The van der Waals surface area contributed by atoms with Gasteiger partial charge in [-0.2, -0.15) is 12.1 Å². The number of aliphatic hydroxyl groups is 1. The molecule has 0 saturated heterocycles. The van der Waals surface area contributed by atoms with Crippen LogP contribution in [0.25, 0.3) is 0 Å². The molecular formula is C8H8NOW-. The largest absolute Gasteiger partial charge is 0.399 e. The maximum atomic E-state index is 9.30. The average Bonchev–Trinajstić information content (AvgIpc) is 2.34. The molecule has 11 heavy (non-hydrogen) atoms. The predicted octanol–water partition coefficient (Wildman–Crippen LogP) is 0.859. The zero-order valence-electron chi connectivity index (χ0n) is 5.95. The Morgan fingerprint density at radius 3 is 3.18 bits per heavy atom. The van der Waals surface area contributed by atoms with Crippen molar-refractivity contribution in [1.82, 2.24) is 4.98 Å². The average molecular weight is 318 g/mol. The number of aliphatic hydroxyl groups excluding tert-OH is 1. The summed E-state index contributed by atoms with van der Waals surface area (Å²) in [7, 11) is 0. The van der Waals surface area contributed by atoms with Crippen LogP contribution in [0, 0.1) is 6.07 Å². The number of fused-ring (bicyclic) bond motifs is 1. The van der Waals surface area contributed by atoms with E-state index < -0.39 is 0 Å². The zero-order chi connectivity index (χ0) is 6.97. The summed E-state index contributed by atoms with van der Waals surface area (Å²) in [4.78, 5) is 4.06. The van der Waals surface area contributed by atoms with Crippen LogP contribution in [-0.4, -0.2) is 10.1 Å². The van der Waals surface area contributed by atoms with E-state index >= 15 is 0 Å². The third-order valence-electron chi connectivity index (χ3n) is 1.84. The van der Waals surface area contributed by atoms with Gasteiger partial charge in [-0.1, -0.05) is 6.20 Å². The minimum Gasteiger partial charge on any atom is -0.399 e. The van der Waals surface area contributed by atoms with Crippen molar-refractivity contribution in [2.75, 3.05) is 0 Å². The monoisotopic (exact) mass is 318 g/mol. The topological polar surface area (TPSA) is 33.1 Å². The third kappa shape index (κ3) is 1.52. The van der Waals surface area contributed by atoms with Crippen molar-refractivity contribution in [3.63, 3.8) is 0 Å². The van der Waals surface area contributed by atoms with Gasteiger partial charge in [-0.3, -0.25) is 0 Å². The Kier molecular flexibility index (Phi) is 2.80. The smallest absolute Gasteiger partial charge is 0.0516 e. The van der Waals surface area contributed by atoms with Crippen LogP contribution in [0.1, 0.15) is 23.8 Å². The van der Waals surface area contributed by atoms with E-state index in [1.165, 1.54) is 0 Å². The molecule has 1 aliphatic carbocycles. The summed E-state index contributed by atoms with van der Waals surface area (Å²) < 4.78 is 0. The van der Waals surface area contributed by atoms with Gasteiger partial charge in [-0.15, -0.1) is 5.56 Å². The summed E-state index contributed by atoms with van der Waals surface area (Å²) in [6.07, 6.45) is 3.06. The van der Waals surface area contributed by atoms with Crippen molar-refractivity contribution in [2.45, 2.75) is 18.9 Å². The van der Waals surface area contributed by atoms with Gasteiger partial charge < -0.3 is 10.1 Å². The number of aromatic nitrogens is 1. The first-order valence-electron chi connectivity index (χ1n) is 3.41. The maximum absolute atomic E-state index is 9.30. The molecule has 0 spiro atoms. The Bertz CT molecular complexity index is 252. The van der Waals surface area contributed by atoms with E-state index in [1.54, 1.807) is 12.3 Å². The fourth-order valence-electron chi connectivity index (χ4n) is 1.31. The quantitative estimate of drug-likeness (QED) is 0.720. The van der Waals surface area contributed by atoms with Crippen LogP contribution >= 0.6 is 0 Å². The minimum atomic E-state index is -0.340. The first-order chi connectivity index (χ1) is 4.88.